The molecule has 0 heterocycles. The highest BCUT2D eigenvalue weighted by Gasteiger charge is 2.28. The van der Waals surface area contributed by atoms with Crippen molar-refractivity contribution in [2.45, 2.75) is 18.8 Å². The van der Waals surface area contributed by atoms with Gasteiger partial charge in [-0.3, -0.25) is 9.59 Å². The van der Waals surface area contributed by atoms with Crippen LogP contribution in [-0.2, 0) is 14.3 Å². The number of esters is 1. The number of nitrogens with one attached hydrogen (secondary N) is 1. The van der Waals surface area contributed by atoms with Gasteiger partial charge in [-0.25, -0.2) is 0 Å². The lowest BCUT2D eigenvalue weighted by atomic mass is 9.82. The van der Waals surface area contributed by atoms with E-state index in [2.05, 4.69) is 10.1 Å². The molecule has 0 spiro atoms. The summed E-state index contributed by atoms with van der Waals surface area (Å²) in [7, 11) is 1.29. The molecule has 0 aromatic heterocycles. The molecular formula is C16H16N2O3. The minimum atomic E-state index is -0.436. The van der Waals surface area contributed by atoms with Gasteiger partial charge in [-0.1, -0.05) is 30.3 Å². The number of allylic oxidation sites excluding steroid dienone is 2. The second kappa shape index (κ2) is 6.71. The lowest BCUT2D eigenvalue weighted by Crippen LogP contribution is -2.30. The molecule has 21 heavy (non-hydrogen) atoms. The van der Waals surface area contributed by atoms with Gasteiger partial charge in [0.15, 0.2) is 5.78 Å². The Labute approximate surface area is 123 Å². The molecule has 5 nitrogen and oxygen atoms in total. The van der Waals surface area contributed by atoms with Gasteiger partial charge in [0.1, 0.15) is 18.2 Å². The molecule has 1 unspecified atom stereocenters. The van der Waals surface area contributed by atoms with E-state index in [1.54, 1.807) is 0 Å². The van der Waals surface area contributed by atoms with Crippen LogP contribution >= 0.6 is 0 Å². The third-order valence-corrected chi connectivity index (χ3v) is 3.52. The molecule has 0 bridgehead atoms. The number of hydrogen-bond acceptors (Lipinski definition) is 5. The smallest absolute Gasteiger partial charge is 0.325 e. The number of Topliss-reactive ketones (excluding diaryl/α,β-unsaturated/α-hetero) is 1. The van der Waals surface area contributed by atoms with Crippen molar-refractivity contribution in [1.29, 1.82) is 5.26 Å². The third-order valence-electron chi connectivity index (χ3n) is 3.52. The van der Waals surface area contributed by atoms with Crippen molar-refractivity contribution in [3.8, 4) is 6.07 Å². The second-order valence-corrected chi connectivity index (χ2v) is 4.83. The number of hydrogen-bond donors (Lipinski definition) is 1. The fraction of sp³-hybridized carbons (Fsp3) is 0.312. The number of carbonyl (C=O) groups is 2. The molecule has 1 N–H and O–H groups in total. The summed E-state index contributed by atoms with van der Waals surface area (Å²) in [5.74, 6) is -0.602. The van der Waals surface area contributed by atoms with Crippen molar-refractivity contribution >= 4 is 11.8 Å². The molecule has 108 valence electrons. The zero-order chi connectivity index (χ0) is 15.2. The van der Waals surface area contributed by atoms with E-state index < -0.39 is 5.97 Å². The zero-order valence-corrected chi connectivity index (χ0v) is 11.8. The molecule has 1 aliphatic rings. The number of methoxy groups -OCH3 is 1. The summed E-state index contributed by atoms with van der Waals surface area (Å²) in [6.45, 7) is -0.0498. The third kappa shape index (κ3) is 3.48. The Kier molecular flexibility index (Phi) is 4.72. The van der Waals surface area contributed by atoms with E-state index >= 15 is 0 Å². The van der Waals surface area contributed by atoms with Gasteiger partial charge in [-0.2, -0.15) is 5.26 Å². The quantitative estimate of drug-likeness (QED) is 0.851. The number of carbonyl (C=O) groups excluding carboxylic acids is 2. The van der Waals surface area contributed by atoms with Gasteiger partial charge in [-0.05, 0) is 17.9 Å². The predicted molar refractivity (Wildman–Crippen MR) is 76.1 cm³/mol. The number of ether oxygens (including phenoxy) is 1. The fourth-order valence-corrected chi connectivity index (χ4v) is 2.42. The summed E-state index contributed by atoms with van der Waals surface area (Å²) in [6, 6.07) is 11.6. The van der Waals surface area contributed by atoms with Crippen LogP contribution in [0.15, 0.2) is 41.6 Å². The summed E-state index contributed by atoms with van der Waals surface area (Å²) in [4.78, 5) is 23.3. The Bertz CT molecular complexity index is 614. The van der Waals surface area contributed by atoms with E-state index in [4.69, 9.17) is 5.26 Å². The van der Waals surface area contributed by atoms with Crippen molar-refractivity contribution in [2.24, 2.45) is 0 Å². The summed E-state index contributed by atoms with van der Waals surface area (Å²) in [5, 5.41) is 12.0. The van der Waals surface area contributed by atoms with Gasteiger partial charge in [0.05, 0.1) is 7.11 Å². The first kappa shape index (κ1) is 14.8. The van der Waals surface area contributed by atoms with E-state index in [9.17, 15) is 9.59 Å². The van der Waals surface area contributed by atoms with Gasteiger partial charge in [0, 0.05) is 12.1 Å². The molecule has 1 atom stereocenters. The Balaban J connectivity index is 2.20. The minimum absolute atomic E-state index is 0.0240. The first-order valence-electron chi connectivity index (χ1n) is 6.67. The van der Waals surface area contributed by atoms with Crippen molar-refractivity contribution in [2.75, 3.05) is 13.7 Å². The average molecular weight is 284 g/mol. The van der Waals surface area contributed by atoms with Crippen LogP contribution in [-0.4, -0.2) is 25.4 Å². The molecule has 0 saturated carbocycles. The van der Waals surface area contributed by atoms with Crippen molar-refractivity contribution < 1.29 is 14.3 Å². The van der Waals surface area contributed by atoms with Crippen LogP contribution in [0.3, 0.4) is 0 Å². The van der Waals surface area contributed by atoms with Gasteiger partial charge in [0.25, 0.3) is 0 Å². The van der Waals surface area contributed by atoms with E-state index in [-0.39, 0.29) is 23.8 Å². The fourth-order valence-electron chi connectivity index (χ4n) is 2.42. The Morgan fingerprint density at radius 1 is 1.38 bits per heavy atom. The maximum absolute atomic E-state index is 12.1. The molecule has 1 aliphatic carbocycles. The highest BCUT2D eigenvalue weighted by Crippen LogP contribution is 2.33. The first-order valence-corrected chi connectivity index (χ1v) is 6.67. The minimum Gasteiger partial charge on any atom is -0.468 e. The molecule has 0 radical (unpaired) electrons. The second-order valence-electron chi connectivity index (χ2n) is 4.83. The van der Waals surface area contributed by atoms with Crippen LogP contribution in [0, 0.1) is 11.3 Å². The van der Waals surface area contributed by atoms with Crippen molar-refractivity contribution in [3.63, 3.8) is 0 Å². The molecule has 0 saturated heterocycles. The zero-order valence-electron chi connectivity index (χ0n) is 11.8. The number of ketones is 1. The Morgan fingerprint density at radius 3 is 2.71 bits per heavy atom. The van der Waals surface area contributed by atoms with Gasteiger partial charge in [-0.15, -0.1) is 0 Å². The predicted octanol–water partition coefficient (Wildman–Crippen LogP) is 1.67. The standard InChI is InChI=1S/C16H16N2O3/c1-21-16(20)10-18-14-7-12(8-15(19)13(14)9-17)11-5-3-2-4-6-11/h2-6,12,18H,7-8,10H2,1H3. The van der Waals surface area contributed by atoms with E-state index in [1.165, 1.54) is 7.11 Å². The molecule has 1 aromatic carbocycles. The van der Waals surface area contributed by atoms with Crippen molar-refractivity contribution in [3.05, 3.63) is 47.2 Å². The Hall–Kier alpha value is -2.61. The monoisotopic (exact) mass is 284 g/mol. The highest BCUT2D eigenvalue weighted by molar-refractivity contribution is 6.01. The summed E-state index contributed by atoms with van der Waals surface area (Å²) in [5.41, 5.74) is 1.69. The summed E-state index contributed by atoms with van der Waals surface area (Å²) >= 11 is 0. The number of benzene rings is 1. The normalized spacial score (nSPS) is 18.1. The summed E-state index contributed by atoms with van der Waals surface area (Å²) < 4.78 is 4.56. The first-order chi connectivity index (χ1) is 10.2. The highest BCUT2D eigenvalue weighted by atomic mass is 16.5. The van der Waals surface area contributed by atoms with E-state index in [0.717, 1.165) is 5.56 Å². The lowest BCUT2D eigenvalue weighted by molar-refractivity contribution is -0.139. The van der Waals surface area contributed by atoms with Gasteiger partial charge in [0.2, 0.25) is 0 Å². The maximum atomic E-state index is 12.1. The van der Waals surface area contributed by atoms with Crippen LogP contribution < -0.4 is 5.32 Å². The topological polar surface area (TPSA) is 79.2 Å². The molecule has 2 rings (SSSR count). The number of nitrogens with zero attached hydrogens (tertiary/aromatic N) is 1. The molecule has 0 aliphatic heterocycles. The van der Waals surface area contributed by atoms with Crippen LogP contribution in [0.25, 0.3) is 0 Å². The Morgan fingerprint density at radius 2 is 2.10 bits per heavy atom. The molecular weight excluding hydrogens is 268 g/mol. The van der Waals surface area contributed by atoms with Crippen LogP contribution in [0.5, 0.6) is 0 Å². The van der Waals surface area contributed by atoms with Crippen LogP contribution in [0.1, 0.15) is 24.3 Å². The number of nitriles is 1. The summed E-state index contributed by atoms with van der Waals surface area (Å²) in [6.07, 6.45) is 0.853. The van der Waals surface area contributed by atoms with E-state index in [1.807, 2.05) is 36.4 Å². The molecule has 0 fully saturated rings. The van der Waals surface area contributed by atoms with Crippen LogP contribution in [0.2, 0.25) is 0 Å². The van der Waals surface area contributed by atoms with Gasteiger partial charge < -0.3 is 10.1 Å². The van der Waals surface area contributed by atoms with Crippen LogP contribution in [0.4, 0.5) is 0 Å². The SMILES string of the molecule is COC(=O)CNC1=C(C#N)C(=O)CC(c2ccccc2)C1. The molecule has 0 amide bonds. The maximum Gasteiger partial charge on any atom is 0.325 e. The van der Waals surface area contributed by atoms with E-state index in [0.29, 0.717) is 18.5 Å². The van der Waals surface area contributed by atoms with Crippen molar-refractivity contribution in [1.82, 2.24) is 5.32 Å². The molecule has 1 aromatic rings. The molecule has 5 heteroatoms. The largest absolute Gasteiger partial charge is 0.468 e. The average Bonchev–Trinajstić information content (AvgIpc) is 2.52. The van der Waals surface area contributed by atoms with Gasteiger partial charge >= 0.3 is 5.97 Å². The number of rotatable bonds is 4. The lowest BCUT2D eigenvalue weighted by Gasteiger charge is -2.24.